The Morgan fingerprint density at radius 1 is 1.19 bits per heavy atom. The highest BCUT2D eigenvalue weighted by Crippen LogP contribution is 2.31. The number of nitrogens with one attached hydrogen (secondary N) is 1. The SMILES string of the molecule is COC(=O)C(C)(Nc1ccccc1Br)c1ccc(I)cc1. The first kappa shape index (κ1) is 16.3. The molecule has 0 fully saturated rings. The largest absolute Gasteiger partial charge is 0.467 e. The molecule has 1 N–H and O–H groups in total. The Balaban J connectivity index is 2.45. The third kappa shape index (κ3) is 3.58. The first-order chi connectivity index (χ1) is 9.97. The van der Waals surface area contributed by atoms with E-state index in [1.165, 1.54) is 7.11 Å². The molecule has 2 rings (SSSR count). The fourth-order valence-electron chi connectivity index (χ4n) is 2.06. The van der Waals surface area contributed by atoms with E-state index >= 15 is 0 Å². The fraction of sp³-hybridized carbons (Fsp3) is 0.188. The third-order valence-corrected chi connectivity index (χ3v) is 4.68. The van der Waals surface area contributed by atoms with Gasteiger partial charge in [0.05, 0.1) is 7.11 Å². The summed E-state index contributed by atoms with van der Waals surface area (Å²) in [6, 6.07) is 15.5. The summed E-state index contributed by atoms with van der Waals surface area (Å²) in [4.78, 5) is 12.3. The average Bonchev–Trinajstić information content (AvgIpc) is 2.49. The van der Waals surface area contributed by atoms with Crippen LogP contribution in [0.1, 0.15) is 12.5 Å². The van der Waals surface area contributed by atoms with Gasteiger partial charge < -0.3 is 10.1 Å². The third-order valence-electron chi connectivity index (χ3n) is 3.27. The second-order valence-electron chi connectivity index (χ2n) is 4.73. The van der Waals surface area contributed by atoms with Crippen molar-refractivity contribution in [2.45, 2.75) is 12.5 Å². The summed E-state index contributed by atoms with van der Waals surface area (Å²) in [5, 5.41) is 3.29. The Kier molecular flexibility index (Phi) is 5.27. The van der Waals surface area contributed by atoms with Crippen molar-refractivity contribution in [3.63, 3.8) is 0 Å². The Bertz CT molecular complexity index is 645. The Labute approximate surface area is 146 Å². The van der Waals surface area contributed by atoms with Gasteiger partial charge in [-0.15, -0.1) is 0 Å². The molecule has 3 nitrogen and oxygen atoms in total. The van der Waals surface area contributed by atoms with Crippen molar-refractivity contribution in [2.75, 3.05) is 12.4 Å². The summed E-state index contributed by atoms with van der Waals surface area (Å²) in [6.07, 6.45) is 0. The highest BCUT2D eigenvalue weighted by atomic mass is 127. The van der Waals surface area contributed by atoms with Crippen LogP contribution >= 0.6 is 38.5 Å². The Morgan fingerprint density at radius 2 is 1.81 bits per heavy atom. The highest BCUT2D eigenvalue weighted by Gasteiger charge is 2.36. The van der Waals surface area contributed by atoms with Gasteiger partial charge in [-0.2, -0.15) is 0 Å². The van der Waals surface area contributed by atoms with Gasteiger partial charge in [0.1, 0.15) is 0 Å². The van der Waals surface area contributed by atoms with Crippen molar-refractivity contribution in [1.82, 2.24) is 0 Å². The Morgan fingerprint density at radius 3 is 2.38 bits per heavy atom. The number of methoxy groups -OCH3 is 1. The van der Waals surface area contributed by atoms with Gasteiger partial charge in [0.15, 0.2) is 5.54 Å². The zero-order valence-corrected chi connectivity index (χ0v) is 15.4. The predicted octanol–water partition coefficient (Wildman–Crippen LogP) is 4.55. The van der Waals surface area contributed by atoms with Crippen LogP contribution in [-0.4, -0.2) is 13.1 Å². The fourth-order valence-corrected chi connectivity index (χ4v) is 2.80. The monoisotopic (exact) mass is 459 g/mol. The summed E-state index contributed by atoms with van der Waals surface area (Å²) >= 11 is 5.72. The molecule has 2 aromatic carbocycles. The van der Waals surface area contributed by atoms with E-state index in [4.69, 9.17) is 4.74 Å². The lowest BCUT2D eigenvalue weighted by atomic mass is 9.91. The lowest BCUT2D eigenvalue weighted by Crippen LogP contribution is -2.41. The van der Waals surface area contributed by atoms with E-state index in [1.54, 1.807) is 0 Å². The zero-order valence-electron chi connectivity index (χ0n) is 11.7. The lowest BCUT2D eigenvalue weighted by Gasteiger charge is -2.30. The van der Waals surface area contributed by atoms with Gasteiger partial charge in [0.25, 0.3) is 0 Å². The van der Waals surface area contributed by atoms with Crippen LogP contribution in [0.2, 0.25) is 0 Å². The number of hydrogen-bond acceptors (Lipinski definition) is 3. The number of rotatable bonds is 4. The van der Waals surface area contributed by atoms with Crippen LogP contribution in [0.4, 0.5) is 5.69 Å². The van der Waals surface area contributed by atoms with Gasteiger partial charge in [0, 0.05) is 13.7 Å². The maximum atomic E-state index is 12.3. The van der Waals surface area contributed by atoms with Crippen molar-refractivity contribution >= 4 is 50.2 Å². The minimum atomic E-state index is -0.955. The molecular weight excluding hydrogens is 445 g/mol. The van der Waals surface area contributed by atoms with Gasteiger partial charge in [0.2, 0.25) is 0 Å². The van der Waals surface area contributed by atoms with Crippen molar-refractivity contribution in [1.29, 1.82) is 0 Å². The predicted molar refractivity (Wildman–Crippen MR) is 96.3 cm³/mol. The molecule has 0 aliphatic rings. The molecule has 0 aliphatic carbocycles. The molecule has 110 valence electrons. The summed E-state index contributed by atoms with van der Waals surface area (Å²) in [5.41, 5.74) is 0.734. The summed E-state index contributed by atoms with van der Waals surface area (Å²) in [7, 11) is 1.40. The minimum absolute atomic E-state index is 0.334. The number of benzene rings is 2. The van der Waals surface area contributed by atoms with Crippen molar-refractivity contribution in [3.05, 3.63) is 62.1 Å². The molecule has 5 heteroatoms. The van der Waals surface area contributed by atoms with E-state index in [2.05, 4.69) is 43.8 Å². The molecular formula is C16H15BrINO2. The maximum absolute atomic E-state index is 12.3. The molecule has 0 aliphatic heterocycles. The maximum Gasteiger partial charge on any atom is 0.335 e. The molecule has 1 unspecified atom stereocenters. The van der Waals surface area contributed by atoms with E-state index in [9.17, 15) is 4.79 Å². The van der Waals surface area contributed by atoms with Gasteiger partial charge in [-0.25, -0.2) is 4.79 Å². The molecule has 0 saturated carbocycles. The number of para-hydroxylation sites is 1. The molecule has 0 amide bonds. The second-order valence-corrected chi connectivity index (χ2v) is 6.83. The first-order valence-corrected chi connectivity index (χ1v) is 8.21. The topological polar surface area (TPSA) is 38.3 Å². The smallest absolute Gasteiger partial charge is 0.335 e. The van der Waals surface area contributed by atoms with Gasteiger partial charge in [-0.05, 0) is 75.3 Å². The van der Waals surface area contributed by atoms with Crippen LogP contribution in [0.3, 0.4) is 0 Å². The van der Waals surface area contributed by atoms with Gasteiger partial charge in [-0.3, -0.25) is 0 Å². The van der Waals surface area contributed by atoms with Crippen LogP contribution in [0, 0.1) is 3.57 Å². The molecule has 2 aromatic rings. The standard InChI is InChI=1S/C16H15BrINO2/c1-16(15(20)21-2,11-7-9-12(18)10-8-11)19-14-6-4-3-5-13(14)17/h3-10,19H,1-2H3. The minimum Gasteiger partial charge on any atom is -0.467 e. The number of halogens is 2. The van der Waals surface area contributed by atoms with Gasteiger partial charge in [-0.1, -0.05) is 24.3 Å². The quantitative estimate of drug-likeness (QED) is 0.538. The summed E-state index contributed by atoms with van der Waals surface area (Å²) < 4.78 is 7.00. The normalized spacial score (nSPS) is 13.3. The van der Waals surface area contributed by atoms with Gasteiger partial charge >= 0.3 is 5.97 Å². The number of carbonyl (C=O) groups is 1. The number of ether oxygens (including phenoxy) is 1. The summed E-state index contributed by atoms with van der Waals surface area (Å²) in [5.74, 6) is -0.334. The molecule has 0 bridgehead atoms. The van der Waals surface area contributed by atoms with Crippen molar-refractivity contribution < 1.29 is 9.53 Å². The number of esters is 1. The highest BCUT2D eigenvalue weighted by molar-refractivity contribution is 14.1. The second kappa shape index (κ2) is 6.79. The molecule has 21 heavy (non-hydrogen) atoms. The molecule has 0 saturated heterocycles. The van der Waals surface area contributed by atoms with Crippen LogP contribution in [0.15, 0.2) is 53.0 Å². The average molecular weight is 460 g/mol. The zero-order chi connectivity index (χ0) is 15.5. The Hall–Kier alpha value is -1.08. The van der Waals surface area contributed by atoms with Crippen molar-refractivity contribution in [2.24, 2.45) is 0 Å². The van der Waals surface area contributed by atoms with E-state index in [1.807, 2.05) is 55.5 Å². The van der Waals surface area contributed by atoms with Crippen LogP contribution in [0.25, 0.3) is 0 Å². The first-order valence-electron chi connectivity index (χ1n) is 6.34. The molecule has 1 atom stereocenters. The molecule has 0 radical (unpaired) electrons. The van der Waals surface area contributed by atoms with E-state index in [-0.39, 0.29) is 5.97 Å². The molecule has 0 aromatic heterocycles. The summed E-state index contributed by atoms with van der Waals surface area (Å²) in [6.45, 7) is 1.82. The molecule has 0 spiro atoms. The van der Waals surface area contributed by atoms with E-state index < -0.39 is 5.54 Å². The number of carbonyl (C=O) groups excluding carboxylic acids is 1. The number of hydrogen-bond donors (Lipinski definition) is 1. The van der Waals surface area contributed by atoms with Crippen molar-refractivity contribution in [3.8, 4) is 0 Å². The number of anilines is 1. The van der Waals surface area contributed by atoms with E-state index in [0.717, 1.165) is 19.3 Å². The lowest BCUT2D eigenvalue weighted by molar-refractivity contribution is -0.145. The van der Waals surface area contributed by atoms with Crippen LogP contribution < -0.4 is 5.32 Å². The van der Waals surface area contributed by atoms with Crippen LogP contribution in [0.5, 0.6) is 0 Å². The van der Waals surface area contributed by atoms with Crippen LogP contribution in [-0.2, 0) is 15.1 Å². The molecule has 0 heterocycles. The van der Waals surface area contributed by atoms with E-state index in [0.29, 0.717) is 0 Å².